The highest BCUT2D eigenvalue weighted by atomic mass is 32.1. The zero-order chi connectivity index (χ0) is 16.7. The Hall–Kier alpha value is -2.67. The molecular formula is C17H17N5OS. The van der Waals surface area contributed by atoms with Crippen LogP contribution in [0.25, 0.3) is 21.3 Å². The van der Waals surface area contributed by atoms with Gasteiger partial charge in [-0.05, 0) is 36.9 Å². The van der Waals surface area contributed by atoms with Crippen molar-refractivity contribution in [2.75, 3.05) is 11.9 Å². The number of fused-ring (bicyclic) bond motifs is 2. The van der Waals surface area contributed by atoms with Crippen LogP contribution in [0.3, 0.4) is 0 Å². The van der Waals surface area contributed by atoms with E-state index in [2.05, 4.69) is 32.6 Å². The smallest absolute Gasteiger partial charge is 0.326 e. The maximum Gasteiger partial charge on any atom is 0.326 e. The first kappa shape index (κ1) is 14.9. The van der Waals surface area contributed by atoms with Crippen LogP contribution in [0.4, 0.5) is 5.82 Å². The molecule has 24 heavy (non-hydrogen) atoms. The molecule has 0 amide bonds. The average Bonchev–Trinajstić information content (AvgIpc) is 3.08. The van der Waals surface area contributed by atoms with Crippen molar-refractivity contribution in [3.8, 4) is 0 Å². The lowest BCUT2D eigenvalue weighted by Gasteiger charge is -2.09. The Balaban J connectivity index is 1.61. The molecule has 0 aliphatic rings. The average molecular weight is 339 g/mol. The second kappa shape index (κ2) is 5.76. The Morgan fingerprint density at radius 3 is 2.96 bits per heavy atom. The summed E-state index contributed by atoms with van der Waals surface area (Å²) in [4.78, 5) is 25.0. The number of aromatic amines is 1. The van der Waals surface area contributed by atoms with Crippen molar-refractivity contribution in [1.29, 1.82) is 0 Å². The highest BCUT2D eigenvalue weighted by Gasteiger charge is 2.11. The van der Waals surface area contributed by atoms with Gasteiger partial charge in [0.25, 0.3) is 0 Å². The van der Waals surface area contributed by atoms with E-state index < -0.39 is 0 Å². The number of thiophene rings is 1. The Kier molecular flexibility index (Phi) is 3.57. The summed E-state index contributed by atoms with van der Waals surface area (Å²) < 4.78 is 1.74. The van der Waals surface area contributed by atoms with Gasteiger partial charge < -0.3 is 10.3 Å². The van der Waals surface area contributed by atoms with Gasteiger partial charge >= 0.3 is 5.69 Å². The Morgan fingerprint density at radius 1 is 1.25 bits per heavy atom. The molecule has 0 spiro atoms. The number of aromatic nitrogens is 4. The minimum atomic E-state index is -0.0891. The highest BCUT2D eigenvalue weighted by molar-refractivity contribution is 7.17. The van der Waals surface area contributed by atoms with Crippen LogP contribution in [0.15, 0.2) is 34.4 Å². The molecule has 7 heteroatoms. The summed E-state index contributed by atoms with van der Waals surface area (Å²) in [6, 6.07) is 7.71. The number of nitrogens with zero attached hydrogens (tertiary/aromatic N) is 3. The molecule has 6 nitrogen and oxygen atoms in total. The Morgan fingerprint density at radius 2 is 2.08 bits per heavy atom. The second-order valence-corrected chi connectivity index (χ2v) is 6.60. The topological polar surface area (TPSA) is 75.6 Å². The van der Waals surface area contributed by atoms with Gasteiger partial charge in [0, 0.05) is 13.1 Å². The Labute approximate surface area is 142 Å². The first-order chi connectivity index (χ1) is 11.6. The summed E-state index contributed by atoms with van der Waals surface area (Å²) in [5.41, 5.74) is 2.85. The SMILES string of the molecule is Cc1nc(NCCn2c(=O)[nH]c3ccccc32)c2c(C)csc2n1. The van der Waals surface area contributed by atoms with Crippen LogP contribution >= 0.6 is 11.3 Å². The van der Waals surface area contributed by atoms with E-state index in [-0.39, 0.29) is 5.69 Å². The number of hydrogen-bond donors (Lipinski definition) is 2. The van der Waals surface area contributed by atoms with Crippen LogP contribution < -0.4 is 11.0 Å². The van der Waals surface area contributed by atoms with Crippen LogP contribution in [-0.4, -0.2) is 26.1 Å². The van der Waals surface area contributed by atoms with Gasteiger partial charge in [-0.1, -0.05) is 12.1 Å². The van der Waals surface area contributed by atoms with Gasteiger partial charge in [-0.3, -0.25) is 4.57 Å². The molecule has 1 aromatic carbocycles. The van der Waals surface area contributed by atoms with Crippen molar-refractivity contribution in [2.45, 2.75) is 20.4 Å². The van der Waals surface area contributed by atoms with Crippen molar-refractivity contribution in [1.82, 2.24) is 19.5 Å². The first-order valence-electron chi connectivity index (χ1n) is 7.77. The predicted octanol–water partition coefficient (Wildman–Crippen LogP) is 3.06. The van der Waals surface area contributed by atoms with Gasteiger partial charge in [-0.2, -0.15) is 0 Å². The molecule has 0 bridgehead atoms. The maximum absolute atomic E-state index is 12.1. The monoisotopic (exact) mass is 339 g/mol. The molecule has 4 aromatic rings. The van der Waals surface area contributed by atoms with Gasteiger partial charge in [0.1, 0.15) is 16.5 Å². The van der Waals surface area contributed by atoms with Crippen LogP contribution in [-0.2, 0) is 6.54 Å². The third kappa shape index (κ3) is 2.46. The van der Waals surface area contributed by atoms with Gasteiger partial charge in [0.2, 0.25) is 0 Å². The standard InChI is InChI=1S/C17H17N5OS/c1-10-9-24-16-14(10)15(19-11(2)20-16)18-7-8-22-13-6-4-3-5-12(13)21-17(22)23/h3-6,9H,7-8H2,1-2H3,(H,21,23)(H,18,19,20). The minimum Gasteiger partial charge on any atom is -0.368 e. The summed E-state index contributed by atoms with van der Waals surface area (Å²) in [6.07, 6.45) is 0. The molecule has 0 fully saturated rings. The molecule has 0 saturated carbocycles. The zero-order valence-electron chi connectivity index (χ0n) is 13.5. The molecular weight excluding hydrogens is 322 g/mol. The second-order valence-electron chi connectivity index (χ2n) is 5.74. The van der Waals surface area contributed by atoms with E-state index in [0.717, 1.165) is 32.9 Å². The molecule has 0 radical (unpaired) electrons. The lowest BCUT2D eigenvalue weighted by Crippen LogP contribution is -2.21. The summed E-state index contributed by atoms with van der Waals surface area (Å²) in [7, 11) is 0. The summed E-state index contributed by atoms with van der Waals surface area (Å²) >= 11 is 1.63. The van der Waals surface area contributed by atoms with Gasteiger partial charge in [-0.15, -0.1) is 11.3 Å². The quantitative estimate of drug-likeness (QED) is 0.599. The number of anilines is 1. The van der Waals surface area contributed by atoms with E-state index in [0.29, 0.717) is 13.1 Å². The van der Waals surface area contributed by atoms with Gasteiger partial charge in [-0.25, -0.2) is 14.8 Å². The number of rotatable bonds is 4. The molecule has 0 atom stereocenters. The summed E-state index contributed by atoms with van der Waals surface area (Å²) in [5, 5.41) is 6.53. The van der Waals surface area contributed by atoms with Crippen LogP contribution in [0.5, 0.6) is 0 Å². The van der Waals surface area contributed by atoms with Crippen molar-refractivity contribution >= 4 is 38.4 Å². The van der Waals surface area contributed by atoms with E-state index in [9.17, 15) is 4.79 Å². The Bertz CT molecular complexity index is 1090. The first-order valence-corrected chi connectivity index (χ1v) is 8.65. The molecule has 0 aliphatic carbocycles. The molecule has 3 heterocycles. The van der Waals surface area contributed by atoms with E-state index in [1.165, 1.54) is 5.56 Å². The lowest BCUT2D eigenvalue weighted by atomic mass is 10.2. The fourth-order valence-corrected chi connectivity index (χ4v) is 3.90. The number of nitrogens with one attached hydrogen (secondary N) is 2. The van der Waals surface area contributed by atoms with E-state index in [1.807, 2.05) is 31.2 Å². The minimum absolute atomic E-state index is 0.0891. The van der Waals surface area contributed by atoms with E-state index in [1.54, 1.807) is 15.9 Å². The lowest BCUT2D eigenvalue weighted by molar-refractivity contribution is 0.719. The molecule has 0 aliphatic heterocycles. The fraction of sp³-hybridized carbons (Fsp3) is 0.235. The van der Waals surface area contributed by atoms with Crippen LogP contribution in [0, 0.1) is 13.8 Å². The number of imidazole rings is 1. The zero-order valence-corrected chi connectivity index (χ0v) is 14.3. The molecule has 0 saturated heterocycles. The third-order valence-corrected chi connectivity index (χ3v) is 5.03. The number of benzene rings is 1. The number of H-pyrrole nitrogens is 1. The highest BCUT2D eigenvalue weighted by Crippen LogP contribution is 2.29. The van der Waals surface area contributed by atoms with Crippen molar-refractivity contribution in [2.24, 2.45) is 0 Å². The van der Waals surface area contributed by atoms with E-state index >= 15 is 0 Å². The summed E-state index contributed by atoms with van der Waals surface area (Å²) in [5.74, 6) is 1.58. The van der Waals surface area contributed by atoms with Crippen molar-refractivity contribution < 1.29 is 0 Å². The predicted molar refractivity (Wildman–Crippen MR) is 97.9 cm³/mol. The molecule has 0 unspecified atom stereocenters. The normalized spacial score (nSPS) is 11.4. The molecule has 4 rings (SSSR count). The third-order valence-electron chi connectivity index (χ3n) is 4.04. The van der Waals surface area contributed by atoms with Gasteiger partial charge in [0.15, 0.2) is 0 Å². The molecule has 2 N–H and O–H groups in total. The van der Waals surface area contributed by atoms with E-state index in [4.69, 9.17) is 0 Å². The molecule has 122 valence electrons. The van der Waals surface area contributed by atoms with Crippen LogP contribution in [0.2, 0.25) is 0 Å². The molecule has 3 aromatic heterocycles. The maximum atomic E-state index is 12.1. The fourth-order valence-electron chi connectivity index (χ4n) is 2.93. The largest absolute Gasteiger partial charge is 0.368 e. The number of aryl methyl sites for hydroxylation is 2. The van der Waals surface area contributed by atoms with Crippen LogP contribution in [0.1, 0.15) is 11.4 Å². The van der Waals surface area contributed by atoms with Gasteiger partial charge in [0.05, 0.1) is 16.4 Å². The number of para-hydroxylation sites is 2. The van der Waals surface area contributed by atoms with Crippen molar-refractivity contribution in [3.63, 3.8) is 0 Å². The van der Waals surface area contributed by atoms with Crippen molar-refractivity contribution in [3.05, 3.63) is 51.5 Å². The summed E-state index contributed by atoms with van der Waals surface area (Å²) in [6.45, 7) is 5.13. The number of hydrogen-bond acceptors (Lipinski definition) is 5.